The predicted octanol–water partition coefficient (Wildman–Crippen LogP) is 2.86. The third kappa shape index (κ3) is 4.57. The number of rotatable bonds is 4. The number of nitriles is 1. The van der Waals surface area contributed by atoms with E-state index in [1.165, 1.54) is 12.5 Å². The highest BCUT2D eigenvalue weighted by Gasteiger charge is 2.32. The number of nitrogens with zero attached hydrogens (tertiary/aromatic N) is 4. The molecule has 2 heterocycles. The summed E-state index contributed by atoms with van der Waals surface area (Å²) in [5.41, 5.74) is 0.481. The maximum Gasteiger partial charge on any atom is 0.351 e. The van der Waals surface area contributed by atoms with Crippen LogP contribution in [0.2, 0.25) is 0 Å². The highest BCUT2D eigenvalue weighted by molar-refractivity contribution is 6.13. The van der Waals surface area contributed by atoms with Crippen LogP contribution < -0.4 is 10.6 Å². The monoisotopic (exact) mass is 438 g/mol. The molecule has 1 saturated heterocycles. The molecule has 168 valence electrons. The van der Waals surface area contributed by atoms with Crippen molar-refractivity contribution in [3.8, 4) is 6.07 Å². The van der Waals surface area contributed by atoms with Gasteiger partial charge in [-0.05, 0) is 24.8 Å². The van der Waals surface area contributed by atoms with Crippen LogP contribution in [-0.4, -0.2) is 54.4 Å². The van der Waals surface area contributed by atoms with Crippen molar-refractivity contribution >= 4 is 28.9 Å². The molecule has 0 aromatic heterocycles. The molecule has 10 heteroatoms. The second-order valence-electron chi connectivity index (χ2n) is 8.19. The molecule has 2 N–H and O–H groups in total. The Balaban J connectivity index is 1.69. The minimum absolute atomic E-state index is 0.139. The maximum atomic E-state index is 12.9. The van der Waals surface area contributed by atoms with Gasteiger partial charge >= 0.3 is 5.97 Å². The van der Waals surface area contributed by atoms with E-state index < -0.39 is 10.9 Å². The minimum atomic E-state index is -0.697. The summed E-state index contributed by atoms with van der Waals surface area (Å²) in [6.45, 7) is 2.87. The lowest BCUT2D eigenvalue weighted by atomic mass is 9.90. The number of para-hydroxylation sites is 1. The topological polar surface area (TPSA) is 133 Å². The summed E-state index contributed by atoms with van der Waals surface area (Å²) in [6, 6.07) is 6.55. The first-order chi connectivity index (χ1) is 15.6. The number of benzene rings is 1. The molecule has 1 aromatic rings. The largest absolute Gasteiger partial charge is 0.461 e. The normalized spacial score (nSPS) is 20.3. The van der Waals surface area contributed by atoms with Crippen molar-refractivity contribution in [3.63, 3.8) is 0 Å². The molecule has 1 aromatic carbocycles. The number of amidine groups is 1. The van der Waals surface area contributed by atoms with Crippen LogP contribution in [0.3, 0.4) is 0 Å². The number of nitro groups is 1. The predicted molar refractivity (Wildman–Crippen MR) is 118 cm³/mol. The second-order valence-corrected chi connectivity index (χ2v) is 8.19. The molecule has 0 bridgehead atoms. The Labute approximate surface area is 186 Å². The summed E-state index contributed by atoms with van der Waals surface area (Å²) >= 11 is 0. The van der Waals surface area contributed by atoms with Crippen LogP contribution in [-0.2, 0) is 9.53 Å². The van der Waals surface area contributed by atoms with Crippen LogP contribution in [0.1, 0.15) is 32.1 Å². The number of nitro benzene ring substituents is 1. The zero-order valence-corrected chi connectivity index (χ0v) is 17.8. The first-order valence-corrected chi connectivity index (χ1v) is 11.0. The van der Waals surface area contributed by atoms with E-state index in [1.54, 1.807) is 12.1 Å². The molecule has 32 heavy (non-hydrogen) atoms. The Hall–Kier alpha value is -3.45. The van der Waals surface area contributed by atoms with E-state index in [1.807, 2.05) is 11.0 Å². The van der Waals surface area contributed by atoms with Gasteiger partial charge in [0.15, 0.2) is 17.1 Å². The lowest BCUT2D eigenvalue weighted by molar-refractivity contribution is -0.384. The summed E-state index contributed by atoms with van der Waals surface area (Å²) in [6.07, 6.45) is 5.51. The molecule has 0 radical (unpaired) electrons. The molecule has 2 aliphatic heterocycles. The number of aliphatic imine (C=N–C) groups is 1. The highest BCUT2D eigenvalue weighted by atomic mass is 16.6. The molecule has 0 spiro atoms. The van der Waals surface area contributed by atoms with Gasteiger partial charge in [-0.2, -0.15) is 5.26 Å². The van der Waals surface area contributed by atoms with Crippen molar-refractivity contribution < 1.29 is 14.5 Å². The number of esters is 1. The lowest BCUT2D eigenvalue weighted by Gasteiger charge is -2.33. The number of anilines is 1. The van der Waals surface area contributed by atoms with Crippen LogP contribution in [0.15, 0.2) is 34.5 Å². The summed E-state index contributed by atoms with van der Waals surface area (Å²) in [5, 5.41) is 27.7. The van der Waals surface area contributed by atoms with Crippen LogP contribution in [0.5, 0.6) is 0 Å². The van der Waals surface area contributed by atoms with Crippen molar-refractivity contribution in [1.29, 1.82) is 5.26 Å². The fraction of sp³-hybridized carbons (Fsp3) is 0.500. The van der Waals surface area contributed by atoms with Crippen LogP contribution in [0.4, 0.5) is 17.1 Å². The molecule has 1 aliphatic carbocycles. The third-order valence-electron chi connectivity index (χ3n) is 6.07. The van der Waals surface area contributed by atoms with E-state index >= 15 is 0 Å². The molecule has 0 atom stereocenters. The highest BCUT2D eigenvalue weighted by Crippen LogP contribution is 2.40. The van der Waals surface area contributed by atoms with E-state index in [4.69, 9.17) is 4.74 Å². The molecule has 1 saturated carbocycles. The van der Waals surface area contributed by atoms with E-state index in [2.05, 4.69) is 15.6 Å². The number of nitrogens with one attached hydrogen (secondary N) is 2. The molecular weight excluding hydrogens is 412 g/mol. The van der Waals surface area contributed by atoms with Crippen LogP contribution in [0.25, 0.3) is 0 Å². The van der Waals surface area contributed by atoms with Crippen molar-refractivity contribution in [3.05, 3.63) is 39.6 Å². The number of carbonyl (C=O) groups is 1. The van der Waals surface area contributed by atoms with Crippen molar-refractivity contribution in [2.24, 2.45) is 10.9 Å². The average Bonchev–Trinajstić information content (AvgIpc) is 2.83. The summed E-state index contributed by atoms with van der Waals surface area (Å²) in [4.78, 5) is 30.4. The van der Waals surface area contributed by atoms with Crippen molar-refractivity contribution in [2.75, 3.05) is 38.1 Å². The molecule has 4 rings (SSSR count). The number of hydrogen-bond donors (Lipinski definition) is 2. The number of ether oxygens (including phenoxy) is 1. The summed E-state index contributed by atoms with van der Waals surface area (Å²) < 4.78 is 5.52. The number of hydrogen-bond acceptors (Lipinski definition) is 9. The standard InChI is InChI=1S/C22H26N6O4/c23-13-16(22(29)32-14-15-5-2-1-3-6-15)19-21(27-11-9-24-10-12-27)26-20-17(25-19)7-4-8-18(20)28(30)31/h4,7-8,15,24-25H,1-3,5-6,9-12,14H2/b19-16-. The van der Waals surface area contributed by atoms with Gasteiger partial charge in [-0.1, -0.05) is 25.3 Å². The smallest absolute Gasteiger partial charge is 0.351 e. The summed E-state index contributed by atoms with van der Waals surface area (Å²) in [5.74, 6) is -0.0293. The van der Waals surface area contributed by atoms with Crippen LogP contribution >= 0.6 is 0 Å². The third-order valence-corrected chi connectivity index (χ3v) is 6.07. The minimum Gasteiger partial charge on any atom is -0.461 e. The van der Waals surface area contributed by atoms with Crippen LogP contribution in [0, 0.1) is 27.4 Å². The van der Waals surface area contributed by atoms with E-state index in [9.17, 15) is 20.2 Å². The van der Waals surface area contributed by atoms with E-state index in [0.717, 1.165) is 25.7 Å². The Kier molecular flexibility index (Phi) is 6.66. The first-order valence-electron chi connectivity index (χ1n) is 11.0. The fourth-order valence-electron chi connectivity index (χ4n) is 4.35. The zero-order valence-electron chi connectivity index (χ0n) is 17.8. The first kappa shape index (κ1) is 21.8. The Bertz CT molecular complexity index is 1000. The summed E-state index contributed by atoms with van der Waals surface area (Å²) in [7, 11) is 0. The molecule has 0 amide bonds. The van der Waals surface area contributed by atoms with Gasteiger partial charge in [0.1, 0.15) is 11.8 Å². The van der Waals surface area contributed by atoms with Crippen molar-refractivity contribution in [1.82, 2.24) is 10.2 Å². The Morgan fingerprint density at radius 1 is 1.28 bits per heavy atom. The van der Waals surface area contributed by atoms with Gasteiger partial charge in [-0.3, -0.25) is 10.1 Å². The molecule has 0 unspecified atom stereocenters. The Morgan fingerprint density at radius 3 is 2.72 bits per heavy atom. The van der Waals surface area contributed by atoms with Gasteiger partial charge in [0, 0.05) is 32.2 Å². The van der Waals surface area contributed by atoms with Gasteiger partial charge in [-0.25, -0.2) is 9.79 Å². The SMILES string of the molecule is N#C/C(C(=O)OCC1CCCCC1)=C1/Nc2cccc([N+](=O)[O-])c2N=C1N1CCNCC1. The Morgan fingerprint density at radius 2 is 2.03 bits per heavy atom. The molecule has 3 aliphatic rings. The van der Waals surface area contributed by atoms with Crippen molar-refractivity contribution in [2.45, 2.75) is 32.1 Å². The zero-order chi connectivity index (χ0) is 22.5. The fourth-order valence-corrected chi connectivity index (χ4v) is 4.35. The quantitative estimate of drug-likeness (QED) is 0.241. The lowest BCUT2D eigenvalue weighted by Crippen LogP contribution is -2.48. The molecule has 2 fully saturated rings. The number of fused-ring (bicyclic) bond motifs is 1. The molecule has 10 nitrogen and oxygen atoms in total. The maximum absolute atomic E-state index is 12.9. The van der Waals surface area contributed by atoms with Gasteiger partial charge in [0.25, 0.3) is 5.69 Å². The van der Waals surface area contributed by atoms with Gasteiger partial charge in [0.2, 0.25) is 0 Å². The number of piperazine rings is 1. The average molecular weight is 438 g/mol. The van der Waals surface area contributed by atoms with Gasteiger partial charge in [0.05, 0.1) is 17.2 Å². The van der Waals surface area contributed by atoms with Gasteiger partial charge in [-0.15, -0.1) is 0 Å². The van der Waals surface area contributed by atoms with E-state index in [-0.39, 0.29) is 22.6 Å². The number of carbonyl (C=O) groups excluding carboxylic acids is 1. The molecular formula is C22H26N6O4. The van der Waals surface area contributed by atoms with Gasteiger partial charge < -0.3 is 20.3 Å². The second kappa shape index (κ2) is 9.78. The van der Waals surface area contributed by atoms with E-state index in [0.29, 0.717) is 50.2 Å².